The Morgan fingerprint density at radius 1 is 1.42 bits per heavy atom. The largest absolute Gasteiger partial charge is 0.467 e. The van der Waals surface area contributed by atoms with E-state index in [0.29, 0.717) is 12.3 Å². The van der Waals surface area contributed by atoms with Gasteiger partial charge in [0.05, 0.1) is 25.1 Å². The van der Waals surface area contributed by atoms with Crippen molar-refractivity contribution in [1.29, 1.82) is 0 Å². The predicted octanol–water partition coefficient (Wildman–Crippen LogP) is 1.77. The van der Waals surface area contributed by atoms with E-state index in [-0.39, 0.29) is 24.2 Å². The van der Waals surface area contributed by atoms with Crippen LogP contribution in [0.25, 0.3) is 0 Å². The fourth-order valence-electron chi connectivity index (χ4n) is 3.16. The molecule has 1 atom stereocenters. The van der Waals surface area contributed by atoms with Crippen molar-refractivity contribution in [2.75, 3.05) is 0 Å². The molecule has 0 aromatic carbocycles. The van der Waals surface area contributed by atoms with E-state index in [2.05, 4.69) is 5.32 Å². The molecule has 1 amide bonds. The second-order valence-electron chi connectivity index (χ2n) is 5.30. The molecule has 1 aliphatic heterocycles. The van der Waals surface area contributed by atoms with Gasteiger partial charge in [-0.05, 0) is 37.8 Å². The third-order valence-electron chi connectivity index (χ3n) is 4.11. The molecule has 1 saturated heterocycles. The van der Waals surface area contributed by atoms with E-state index >= 15 is 0 Å². The summed E-state index contributed by atoms with van der Waals surface area (Å²) in [5, 5.41) is 2.83. The minimum atomic E-state index is -0.537. The van der Waals surface area contributed by atoms with E-state index in [9.17, 15) is 9.59 Å². The van der Waals surface area contributed by atoms with E-state index in [0.717, 1.165) is 25.7 Å². The van der Waals surface area contributed by atoms with Gasteiger partial charge in [-0.2, -0.15) is 0 Å². The van der Waals surface area contributed by atoms with Crippen LogP contribution in [0.3, 0.4) is 0 Å². The molecule has 5 heteroatoms. The number of hydrogen-bond acceptors (Lipinski definition) is 4. The molecule has 1 aromatic heterocycles. The maximum Gasteiger partial charge on any atom is 0.307 e. The highest BCUT2D eigenvalue weighted by molar-refractivity contribution is 5.87. The van der Waals surface area contributed by atoms with Gasteiger partial charge in [0.1, 0.15) is 11.4 Å². The number of ether oxygens (including phenoxy) is 1. The monoisotopic (exact) mass is 263 g/mol. The van der Waals surface area contributed by atoms with Crippen LogP contribution in [0.1, 0.15) is 37.9 Å². The van der Waals surface area contributed by atoms with Crippen molar-refractivity contribution >= 4 is 11.9 Å². The highest BCUT2D eigenvalue weighted by Gasteiger charge is 2.53. The third kappa shape index (κ3) is 2.25. The molecule has 3 rings (SSSR count). The van der Waals surface area contributed by atoms with Crippen molar-refractivity contribution in [1.82, 2.24) is 5.32 Å². The number of carbonyl (C=O) groups excluding carboxylic acids is 2. The van der Waals surface area contributed by atoms with E-state index < -0.39 is 5.60 Å². The van der Waals surface area contributed by atoms with Gasteiger partial charge in [0.15, 0.2) is 0 Å². The van der Waals surface area contributed by atoms with Gasteiger partial charge in [-0.1, -0.05) is 0 Å². The Balaban J connectivity index is 1.66. The van der Waals surface area contributed by atoms with Crippen molar-refractivity contribution in [3.63, 3.8) is 0 Å². The summed E-state index contributed by atoms with van der Waals surface area (Å²) in [6, 6.07) is 3.59. The summed E-state index contributed by atoms with van der Waals surface area (Å²) in [5.74, 6) is 0.000671. The van der Waals surface area contributed by atoms with E-state index in [1.807, 2.05) is 6.07 Å². The second-order valence-corrected chi connectivity index (χ2v) is 5.30. The maximum absolute atomic E-state index is 12.3. The number of esters is 1. The van der Waals surface area contributed by atoms with Gasteiger partial charge >= 0.3 is 5.97 Å². The number of amides is 1. The highest BCUT2D eigenvalue weighted by Crippen LogP contribution is 2.45. The normalized spacial score (nSPS) is 24.6. The Hall–Kier alpha value is -1.78. The van der Waals surface area contributed by atoms with Crippen LogP contribution in [-0.4, -0.2) is 17.5 Å². The van der Waals surface area contributed by atoms with Crippen molar-refractivity contribution in [2.24, 2.45) is 5.92 Å². The van der Waals surface area contributed by atoms with Crippen LogP contribution in [0.4, 0.5) is 0 Å². The molecule has 1 aromatic rings. The molecule has 1 N–H and O–H groups in total. The maximum atomic E-state index is 12.3. The molecule has 5 nitrogen and oxygen atoms in total. The number of nitrogens with one attached hydrogen (secondary N) is 1. The number of furan rings is 1. The molecule has 2 aliphatic rings. The summed E-state index contributed by atoms with van der Waals surface area (Å²) in [6.07, 6.45) is 5.42. The molecular weight excluding hydrogens is 246 g/mol. The van der Waals surface area contributed by atoms with Crippen LogP contribution in [0.2, 0.25) is 0 Å². The summed E-state index contributed by atoms with van der Waals surface area (Å²) in [4.78, 5) is 23.8. The Morgan fingerprint density at radius 3 is 2.89 bits per heavy atom. The van der Waals surface area contributed by atoms with Crippen LogP contribution >= 0.6 is 0 Å². The quantitative estimate of drug-likeness (QED) is 0.844. The zero-order valence-electron chi connectivity index (χ0n) is 10.7. The molecular formula is C14H17NO4. The van der Waals surface area contributed by atoms with E-state index in [4.69, 9.17) is 9.15 Å². The number of rotatable bonds is 3. The molecule has 0 unspecified atom stereocenters. The van der Waals surface area contributed by atoms with E-state index in [1.54, 1.807) is 12.3 Å². The highest BCUT2D eigenvalue weighted by atomic mass is 16.6. The molecule has 19 heavy (non-hydrogen) atoms. The minimum Gasteiger partial charge on any atom is -0.467 e. The topological polar surface area (TPSA) is 68.5 Å². The molecule has 2 heterocycles. The first-order chi connectivity index (χ1) is 9.20. The van der Waals surface area contributed by atoms with Crippen LogP contribution in [0, 0.1) is 5.92 Å². The van der Waals surface area contributed by atoms with Crippen molar-refractivity contribution in [2.45, 2.75) is 44.2 Å². The Labute approximate surface area is 111 Å². The SMILES string of the molecule is O=C1C[C@@H](C(=O)NCc2ccco2)C2(CCCC2)O1. The average molecular weight is 263 g/mol. The fraction of sp³-hybridized carbons (Fsp3) is 0.571. The zero-order valence-corrected chi connectivity index (χ0v) is 10.7. The zero-order chi connectivity index (χ0) is 13.3. The number of carbonyl (C=O) groups is 2. The first-order valence-corrected chi connectivity index (χ1v) is 6.72. The summed E-state index contributed by atoms with van der Waals surface area (Å²) in [7, 11) is 0. The lowest BCUT2D eigenvalue weighted by Gasteiger charge is -2.27. The van der Waals surface area contributed by atoms with Crippen molar-refractivity contribution in [3.05, 3.63) is 24.2 Å². The molecule has 1 saturated carbocycles. The first kappa shape index (κ1) is 12.3. The third-order valence-corrected chi connectivity index (χ3v) is 4.11. The van der Waals surface area contributed by atoms with Gasteiger partial charge in [-0.3, -0.25) is 9.59 Å². The molecule has 1 spiro atoms. The summed E-state index contributed by atoms with van der Waals surface area (Å²) in [5.41, 5.74) is -0.537. The number of hydrogen-bond donors (Lipinski definition) is 1. The molecule has 2 fully saturated rings. The Morgan fingerprint density at radius 2 is 2.21 bits per heavy atom. The van der Waals surface area contributed by atoms with Gasteiger partial charge in [0.25, 0.3) is 0 Å². The van der Waals surface area contributed by atoms with Crippen LogP contribution in [-0.2, 0) is 20.9 Å². The van der Waals surface area contributed by atoms with Gasteiger partial charge in [-0.25, -0.2) is 0 Å². The van der Waals surface area contributed by atoms with Crippen LogP contribution < -0.4 is 5.32 Å². The summed E-state index contributed by atoms with van der Waals surface area (Å²) in [6.45, 7) is 0.354. The standard InChI is InChI=1S/C14H17NO4/c16-12-8-11(14(19-12)5-1-2-6-14)13(17)15-9-10-4-3-7-18-10/h3-4,7,11H,1-2,5-6,8-9H2,(H,15,17)/t11-/m0/s1. The second kappa shape index (κ2) is 4.72. The van der Waals surface area contributed by atoms with Crippen LogP contribution in [0.5, 0.6) is 0 Å². The first-order valence-electron chi connectivity index (χ1n) is 6.72. The fourth-order valence-corrected chi connectivity index (χ4v) is 3.16. The van der Waals surface area contributed by atoms with Gasteiger partial charge in [-0.15, -0.1) is 0 Å². The lowest BCUT2D eigenvalue weighted by atomic mass is 9.85. The van der Waals surface area contributed by atoms with Crippen molar-refractivity contribution in [3.8, 4) is 0 Å². The molecule has 1 aliphatic carbocycles. The Kier molecular flexibility index (Phi) is 3.05. The van der Waals surface area contributed by atoms with Crippen molar-refractivity contribution < 1.29 is 18.7 Å². The predicted molar refractivity (Wildman–Crippen MR) is 66.0 cm³/mol. The average Bonchev–Trinajstić information content (AvgIpc) is 3.10. The van der Waals surface area contributed by atoms with Gasteiger partial charge in [0.2, 0.25) is 5.91 Å². The van der Waals surface area contributed by atoms with Gasteiger partial charge < -0.3 is 14.5 Å². The molecule has 0 radical (unpaired) electrons. The van der Waals surface area contributed by atoms with Gasteiger partial charge in [0, 0.05) is 0 Å². The lowest BCUT2D eigenvalue weighted by molar-refractivity contribution is -0.150. The van der Waals surface area contributed by atoms with Crippen LogP contribution in [0.15, 0.2) is 22.8 Å². The lowest BCUT2D eigenvalue weighted by Crippen LogP contribution is -2.42. The Bertz CT molecular complexity index is 474. The minimum absolute atomic E-state index is 0.107. The smallest absolute Gasteiger partial charge is 0.307 e. The van der Waals surface area contributed by atoms with E-state index in [1.165, 1.54) is 0 Å². The summed E-state index contributed by atoms with van der Waals surface area (Å²) < 4.78 is 10.6. The molecule has 0 bridgehead atoms. The summed E-state index contributed by atoms with van der Waals surface area (Å²) >= 11 is 0. The molecule has 102 valence electrons.